The molecular weight excluding hydrogens is 433 g/mol. The zero-order chi connectivity index (χ0) is 19.1. The highest BCUT2D eigenvalue weighted by Gasteiger charge is 2.23. The summed E-state index contributed by atoms with van der Waals surface area (Å²) in [7, 11) is 0. The molecule has 1 aromatic rings. The number of halogens is 5. The lowest BCUT2D eigenvalue weighted by atomic mass is 10.2. The maximum Gasteiger partial charge on any atom is 0.311 e. The molecule has 0 radical (unpaired) electrons. The zero-order valence-electron chi connectivity index (χ0n) is 13.2. The van der Waals surface area contributed by atoms with Crippen LogP contribution in [0, 0.1) is 11.8 Å². The van der Waals surface area contributed by atoms with Crippen LogP contribution in [-0.4, -0.2) is 18.0 Å². The predicted octanol–water partition coefficient (Wildman–Crippen LogP) is 5.98. The van der Waals surface area contributed by atoms with E-state index in [0.29, 0.717) is 6.42 Å². The predicted molar refractivity (Wildman–Crippen MR) is 100.0 cm³/mol. The fraction of sp³-hybridized carbons (Fsp3) is 0.375. The molecular formula is C16H13Cl5O4. The van der Waals surface area contributed by atoms with Gasteiger partial charge in [-0.15, -0.1) is 5.92 Å². The molecule has 1 unspecified atom stereocenters. The first-order chi connectivity index (χ1) is 11.7. The maximum atomic E-state index is 11.9. The number of rotatable bonds is 6. The molecule has 4 nitrogen and oxygen atoms in total. The second kappa shape index (κ2) is 10.4. The Morgan fingerprint density at radius 3 is 1.88 bits per heavy atom. The molecule has 0 aromatic heterocycles. The topological polar surface area (TPSA) is 52.6 Å². The van der Waals surface area contributed by atoms with Gasteiger partial charge in [-0.2, -0.15) is 0 Å². The molecule has 0 fully saturated rings. The molecule has 0 aliphatic carbocycles. The van der Waals surface area contributed by atoms with Crippen LogP contribution in [-0.2, 0) is 14.3 Å². The minimum Gasteiger partial charge on any atom is -0.449 e. The molecule has 0 saturated heterocycles. The third-order valence-corrected chi connectivity index (χ3v) is 5.11. The van der Waals surface area contributed by atoms with Crippen LogP contribution in [0.5, 0.6) is 5.75 Å². The van der Waals surface area contributed by atoms with E-state index < -0.39 is 18.0 Å². The molecule has 0 saturated carbocycles. The van der Waals surface area contributed by atoms with Crippen molar-refractivity contribution in [3.63, 3.8) is 0 Å². The van der Waals surface area contributed by atoms with E-state index in [2.05, 4.69) is 11.8 Å². The Hall–Kier alpha value is -0.830. The van der Waals surface area contributed by atoms with E-state index in [1.165, 1.54) is 0 Å². The van der Waals surface area contributed by atoms with Gasteiger partial charge >= 0.3 is 11.9 Å². The summed E-state index contributed by atoms with van der Waals surface area (Å²) in [6.07, 6.45) is -0.403. The van der Waals surface area contributed by atoms with Gasteiger partial charge in [-0.3, -0.25) is 9.59 Å². The first-order valence-electron chi connectivity index (χ1n) is 7.06. The van der Waals surface area contributed by atoms with Gasteiger partial charge in [-0.1, -0.05) is 70.8 Å². The number of carbonyl (C=O) groups is 2. The van der Waals surface area contributed by atoms with E-state index in [-0.39, 0.29) is 43.7 Å². The summed E-state index contributed by atoms with van der Waals surface area (Å²) in [5, 5.41) is -0.542. The third-order valence-electron chi connectivity index (χ3n) is 2.87. The largest absolute Gasteiger partial charge is 0.449 e. The SMILES string of the molecule is CC#CC(CC)OC(=O)CCC(=O)Oc1c(Cl)c(Cl)c(Cl)c(Cl)c1Cl. The maximum absolute atomic E-state index is 11.9. The number of hydrogen-bond donors (Lipinski definition) is 0. The number of benzene rings is 1. The Bertz CT molecular complexity index is 707. The summed E-state index contributed by atoms with van der Waals surface area (Å²) in [5.41, 5.74) is 0. The normalized spacial score (nSPS) is 11.3. The number of esters is 2. The van der Waals surface area contributed by atoms with Gasteiger partial charge in [0.25, 0.3) is 0 Å². The Kier molecular flexibility index (Phi) is 9.20. The Morgan fingerprint density at radius 1 is 0.920 bits per heavy atom. The molecule has 0 aliphatic heterocycles. The summed E-state index contributed by atoms with van der Waals surface area (Å²) in [6, 6.07) is 0. The van der Waals surface area contributed by atoms with E-state index in [4.69, 9.17) is 67.5 Å². The molecule has 0 heterocycles. The molecule has 9 heteroatoms. The summed E-state index contributed by atoms with van der Waals surface area (Å²) >= 11 is 29.5. The van der Waals surface area contributed by atoms with Crippen LogP contribution in [0.3, 0.4) is 0 Å². The van der Waals surface area contributed by atoms with Crippen molar-refractivity contribution < 1.29 is 19.1 Å². The van der Waals surface area contributed by atoms with Crippen molar-refractivity contribution in [1.29, 1.82) is 0 Å². The van der Waals surface area contributed by atoms with Crippen LogP contribution in [0.2, 0.25) is 25.1 Å². The number of hydrogen-bond acceptors (Lipinski definition) is 4. The monoisotopic (exact) mass is 444 g/mol. The number of ether oxygens (including phenoxy) is 2. The van der Waals surface area contributed by atoms with Gasteiger partial charge in [0.2, 0.25) is 0 Å². The van der Waals surface area contributed by atoms with Gasteiger partial charge in [0, 0.05) is 0 Å². The lowest BCUT2D eigenvalue weighted by Gasteiger charge is -2.13. The average molecular weight is 447 g/mol. The van der Waals surface area contributed by atoms with Crippen molar-refractivity contribution in [3.05, 3.63) is 25.1 Å². The average Bonchev–Trinajstić information content (AvgIpc) is 2.59. The van der Waals surface area contributed by atoms with Crippen molar-refractivity contribution in [2.75, 3.05) is 0 Å². The second-order valence-electron chi connectivity index (χ2n) is 4.65. The minimum atomic E-state index is -0.759. The molecule has 0 bridgehead atoms. The molecule has 0 aliphatic rings. The lowest BCUT2D eigenvalue weighted by molar-refractivity contribution is -0.149. The standard InChI is InChI=1S/C16H13Cl5O4/c1-3-5-8(4-2)24-9(22)6-7-10(23)25-16-14(20)12(18)11(17)13(19)15(16)21/h8H,4,6-7H2,1-2H3. The highest BCUT2D eigenvalue weighted by atomic mass is 35.5. The lowest BCUT2D eigenvalue weighted by Crippen LogP contribution is -2.18. The van der Waals surface area contributed by atoms with E-state index in [1.807, 2.05) is 6.92 Å². The smallest absolute Gasteiger partial charge is 0.311 e. The quantitative estimate of drug-likeness (QED) is 0.177. The zero-order valence-corrected chi connectivity index (χ0v) is 17.0. The Labute approximate surface area is 170 Å². The fourth-order valence-electron chi connectivity index (χ4n) is 1.64. The van der Waals surface area contributed by atoms with Gasteiger partial charge in [-0.25, -0.2) is 0 Å². The summed E-state index contributed by atoms with van der Waals surface area (Å²) in [5.74, 6) is 3.85. The van der Waals surface area contributed by atoms with Gasteiger partial charge in [0.15, 0.2) is 11.9 Å². The van der Waals surface area contributed by atoms with Crippen LogP contribution in [0.1, 0.15) is 33.1 Å². The first kappa shape index (κ1) is 22.2. The molecule has 1 rings (SSSR count). The number of carbonyl (C=O) groups excluding carboxylic acids is 2. The Balaban J connectivity index is 2.72. The summed E-state index contributed by atoms with van der Waals surface area (Å²) in [4.78, 5) is 23.6. The highest BCUT2D eigenvalue weighted by Crippen LogP contribution is 2.48. The Morgan fingerprint density at radius 2 is 1.40 bits per heavy atom. The van der Waals surface area contributed by atoms with Crippen molar-refractivity contribution in [2.24, 2.45) is 0 Å². The van der Waals surface area contributed by atoms with E-state index in [1.54, 1.807) is 6.92 Å². The minimum absolute atomic E-state index is 0.0515. The van der Waals surface area contributed by atoms with Crippen LogP contribution in [0.4, 0.5) is 0 Å². The van der Waals surface area contributed by atoms with Crippen LogP contribution < -0.4 is 4.74 Å². The summed E-state index contributed by atoms with van der Waals surface area (Å²) < 4.78 is 10.2. The van der Waals surface area contributed by atoms with Crippen molar-refractivity contribution in [3.8, 4) is 17.6 Å². The van der Waals surface area contributed by atoms with Crippen molar-refractivity contribution in [2.45, 2.75) is 39.2 Å². The molecule has 0 spiro atoms. The van der Waals surface area contributed by atoms with E-state index >= 15 is 0 Å². The van der Waals surface area contributed by atoms with Crippen LogP contribution in [0.25, 0.3) is 0 Å². The van der Waals surface area contributed by atoms with E-state index in [0.717, 1.165) is 0 Å². The van der Waals surface area contributed by atoms with Crippen LogP contribution >= 0.6 is 58.0 Å². The fourth-order valence-corrected chi connectivity index (χ4v) is 2.83. The molecule has 25 heavy (non-hydrogen) atoms. The molecule has 1 atom stereocenters. The molecule has 0 amide bonds. The molecule has 1 aromatic carbocycles. The molecule has 0 N–H and O–H groups in total. The third kappa shape index (κ3) is 6.13. The van der Waals surface area contributed by atoms with Crippen molar-refractivity contribution >= 4 is 69.9 Å². The second-order valence-corrected chi connectivity index (χ2v) is 6.54. The highest BCUT2D eigenvalue weighted by molar-refractivity contribution is 6.55. The van der Waals surface area contributed by atoms with Crippen molar-refractivity contribution in [1.82, 2.24) is 0 Å². The van der Waals surface area contributed by atoms with Gasteiger partial charge in [0.05, 0.1) is 27.9 Å². The summed E-state index contributed by atoms with van der Waals surface area (Å²) in [6.45, 7) is 3.47. The van der Waals surface area contributed by atoms with Gasteiger partial charge < -0.3 is 9.47 Å². The first-order valence-corrected chi connectivity index (χ1v) is 8.95. The van der Waals surface area contributed by atoms with Crippen LogP contribution in [0.15, 0.2) is 0 Å². The molecule has 136 valence electrons. The van der Waals surface area contributed by atoms with Gasteiger partial charge in [-0.05, 0) is 13.3 Å². The van der Waals surface area contributed by atoms with Gasteiger partial charge in [0.1, 0.15) is 10.0 Å². The van der Waals surface area contributed by atoms with E-state index in [9.17, 15) is 9.59 Å².